The Morgan fingerprint density at radius 3 is 2.90 bits per heavy atom. The van der Waals surface area contributed by atoms with Crippen LogP contribution >= 0.6 is 15.9 Å². The zero-order valence-corrected chi connectivity index (χ0v) is 13.9. The lowest BCUT2D eigenvalue weighted by Gasteiger charge is -2.35. The molecular weight excluding hydrogens is 318 g/mol. The number of carbonyl (C=O) groups is 1. The Balaban J connectivity index is 2.22. The molecule has 1 N–H and O–H groups in total. The maximum Gasteiger partial charge on any atom is 0.257 e. The predicted molar refractivity (Wildman–Crippen MR) is 84.9 cm³/mol. The number of halogens is 1. The number of aromatic nitrogens is 1. The number of pyridine rings is 1. The zero-order valence-electron chi connectivity index (χ0n) is 12.3. The van der Waals surface area contributed by atoms with Crippen molar-refractivity contribution in [2.24, 2.45) is 11.8 Å². The van der Waals surface area contributed by atoms with E-state index in [-0.39, 0.29) is 5.91 Å². The largest absolute Gasteiger partial charge is 0.370 e. The van der Waals surface area contributed by atoms with Crippen molar-refractivity contribution < 1.29 is 4.79 Å². The maximum absolute atomic E-state index is 12.7. The van der Waals surface area contributed by atoms with Crippen LogP contribution in [0.3, 0.4) is 0 Å². The first kappa shape index (κ1) is 15.3. The van der Waals surface area contributed by atoms with Crippen molar-refractivity contribution in [3.8, 4) is 0 Å². The van der Waals surface area contributed by atoms with E-state index in [1.54, 1.807) is 6.20 Å². The van der Waals surface area contributed by atoms with Gasteiger partial charge in [-0.1, -0.05) is 13.8 Å². The molecule has 110 valence electrons. The van der Waals surface area contributed by atoms with E-state index < -0.39 is 0 Å². The van der Waals surface area contributed by atoms with E-state index in [4.69, 9.17) is 0 Å². The van der Waals surface area contributed by atoms with Crippen LogP contribution in [0.4, 0.5) is 5.82 Å². The van der Waals surface area contributed by atoms with Crippen molar-refractivity contribution in [3.63, 3.8) is 0 Å². The topological polar surface area (TPSA) is 45.2 Å². The van der Waals surface area contributed by atoms with Crippen LogP contribution in [0.1, 0.15) is 37.6 Å². The minimum absolute atomic E-state index is 0.0773. The van der Waals surface area contributed by atoms with Gasteiger partial charge in [-0.05, 0) is 47.2 Å². The molecule has 1 saturated heterocycles. The van der Waals surface area contributed by atoms with Crippen molar-refractivity contribution in [1.82, 2.24) is 9.88 Å². The summed E-state index contributed by atoms with van der Waals surface area (Å²) in [5, 5.41) is 3.16. The molecule has 20 heavy (non-hydrogen) atoms. The number of likely N-dealkylation sites (tertiary alicyclic amines) is 1. The Morgan fingerprint density at radius 1 is 1.50 bits per heavy atom. The van der Waals surface area contributed by atoms with Gasteiger partial charge in [0.2, 0.25) is 0 Å². The lowest BCUT2D eigenvalue weighted by atomic mass is 9.88. The summed E-state index contributed by atoms with van der Waals surface area (Å²) in [6.45, 7) is 8.90. The van der Waals surface area contributed by atoms with Crippen LogP contribution < -0.4 is 5.32 Å². The summed E-state index contributed by atoms with van der Waals surface area (Å²) in [7, 11) is 0. The summed E-state index contributed by atoms with van der Waals surface area (Å²) in [6, 6.07) is 1.86. The molecule has 1 aliphatic heterocycles. The first-order chi connectivity index (χ1) is 9.52. The third kappa shape index (κ3) is 3.32. The quantitative estimate of drug-likeness (QED) is 0.917. The van der Waals surface area contributed by atoms with Crippen molar-refractivity contribution in [3.05, 3.63) is 22.3 Å². The summed E-state index contributed by atoms with van der Waals surface area (Å²) in [5.74, 6) is 1.99. The second-order valence-electron chi connectivity index (χ2n) is 5.57. The van der Waals surface area contributed by atoms with Gasteiger partial charge in [-0.3, -0.25) is 4.79 Å². The highest BCUT2D eigenvalue weighted by Crippen LogP contribution is 2.26. The molecule has 2 rings (SSSR count). The third-order valence-corrected chi connectivity index (χ3v) is 4.48. The van der Waals surface area contributed by atoms with E-state index in [1.807, 2.05) is 17.9 Å². The van der Waals surface area contributed by atoms with Gasteiger partial charge < -0.3 is 10.2 Å². The van der Waals surface area contributed by atoms with Crippen LogP contribution in [-0.2, 0) is 0 Å². The fourth-order valence-corrected chi connectivity index (χ4v) is 2.86. The first-order valence-corrected chi connectivity index (χ1v) is 8.01. The van der Waals surface area contributed by atoms with Crippen LogP contribution in [0.15, 0.2) is 16.7 Å². The van der Waals surface area contributed by atoms with Crippen LogP contribution in [0, 0.1) is 11.8 Å². The molecule has 2 heterocycles. The molecule has 0 bridgehead atoms. The molecule has 1 fully saturated rings. The molecule has 0 radical (unpaired) electrons. The van der Waals surface area contributed by atoms with Gasteiger partial charge in [0, 0.05) is 30.3 Å². The van der Waals surface area contributed by atoms with E-state index >= 15 is 0 Å². The van der Waals surface area contributed by atoms with E-state index in [0.717, 1.165) is 30.5 Å². The van der Waals surface area contributed by atoms with E-state index in [9.17, 15) is 4.79 Å². The Hall–Kier alpha value is -1.10. The highest BCUT2D eigenvalue weighted by molar-refractivity contribution is 9.10. The van der Waals surface area contributed by atoms with Gasteiger partial charge in [0.15, 0.2) is 0 Å². The fourth-order valence-electron chi connectivity index (χ4n) is 2.53. The minimum atomic E-state index is 0.0773. The SMILES string of the molecule is CCNc1ncc(Br)cc1C(=O)N1CCC(C)C(C)C1. The van der Waals surface area contributed by atoms with Crippen molar-refractivity contribution in [2.45, 2.75) is 27.2 Å². The average molecular weight is 340 g/mol. The number of nitrogens with zero attached hydrogens (tertiary/aromatic N) is 2. The van der Waals surface area contributed by atoms with Crippen molar-refractivity contribution in [1.29, 1.82) is 0 Å². The summed E-state index contributed by atoms with van der Waals surface area (Å²) in [5.41, 5.74) is 0.656. The van der Waals surface area contributed by atoms with Crippen molar-refractivity contribution >= 4 is 27.7 Å². The average Bonchev–Trinajstić information content (AvgIpc) is 2.43. The number of piperidine rings is 1. The summed E-state index contributed by atoms with van der Waals surface area (Å²) in [6.07, 6.45) is 2.79. The van der Waals surface area contributed by atoms with Gasteiger partial charge in [0.1, 0.15) is 5.82 Å². The van der Waals surface area contributed by atoms with Gasteiger partial charge in [-0.15, -0.1) is 0 Å². The number of amides is 1. The van der Waals surface area contributed by atoms with Crippen LogP contribution in [0.2, 0.25) is 0 Å². The highest BCUT2D eigenvalue weighted by atomic mass is 79.9. The van der Waals surface area contributed by atoms with Gasteiger partial charge in [0.05, 0.1) is 5.56 Å². The van der Waals surface area contributed by atoms with Crippen LogP contribution in [0.25, 0.3) is 0 Å². The Kier molecular flexibility index (Phi) is 5.02. The number of hydrogen-bond acceptors (Lipinski definition) is 3. The first-order valence-electron chi connectivity index (χ1n) is 7.21. The van der Waals surface area contributed by atoms with Crippen LogP contribution in [0.5, 0.6) is 0 Å². The smallest absolute Gasteiger partial charge is 0.257 e. The molecule has 2 unspecified atom stereocenters. The normalized spacial score (nSPS) is 22.7. The Bertz CT molecular complexity index is 492. The Morgan fingerprint density at radius 2 is 2.25 bits per heavy atom. The van der Waals surface area contributed by atoms with E-state index in [1.165, 1.54) is 0 Å². The second kappa shape index (κ2) is 6.57. The molecule has 0 saturated carbocycles. The number of carbonyl (C=O) groups excluding carboxylic acids is 1. The molecule has 5 heteroatoms. The minimum Gasteiger partial charge on any atom is -0.370 e. The number of hydrogen-bond donors (Lipinski definition) is 1. The molecule has 0 aromatic carbocycles. The molecule has 1 aliphatic rings. The fraction of sp³-hybridized carbons (Fsp3) is 0.600. The van der Waals surface area contributed by atoms with Crippen molar-refractivity contribution in [2.75, 3.05) is 25.0 Å². The standard InChI is InChI=1S/C15H22BrN3O/c1-4-17-14-13(7-12(16)8-18-14)15(20)19-6-5-10(2)11(3)9-19/h7-8,10-11H,4-6,9H2,1-3H3,(H,17,18). The number of anilines is 1. The molecule has 2 atom stereocenters. The zero-order chi connectivity index (χ0) is 14.7. The molecule has 1 amide bonds. The lowest BCUT2D eigenvalue weighted by Crippen LogP contribution is -2.42. The highest BCUT2D eigenvalue weighted by Gasteiger charge is 2.28. The summed E-state index contributed by atoms with van der Waals surface area (Å²) < 4.78 is 0.834. The Labute approximate surface area is 129 Å². The van der Waals surface area contributed by atoms with Gasteiger partial charge in [0.25, 0.3) is 5.91 Å². The molecule has 4 nitrogen and oxygen atoms in total. The van der Waals surface area contributed by atoms with Gasteiger partial charge in [-0.25, -0.2) is 4.98 Å². The molecule has 0 spiro atoms. The monoisotopic (exact) mass is 339 g/mol. The maximum atomic E-state index is 12.7. The molecule has 0 aliphatic carbocycles. The second-order valence-corrected chi connectivity index (χ2v) is 6.49. The summed E-state index contributed by atoms with van der Waals surface area (Å²) >= 11 is 3.40. The van der Waals surface area contributed by atoms with Gasteiger partial charge >= 0.3 is 0 Å². The number of rotatable bonds is 3. The molecule has 1 aromatic heterocycles. The van der Waals surface area contributed by atoms with E-state index in [0.29, 0.717) is 23.2 Å². The molecular formula is C15H22BrN3O. The summed E-state index contributed by atoms with van der Waals surface area (Å²) in [4.78, 5) is 19.0. The number of nitrogens with one attached hydrogen (secondary N) is 1. The molecule has 1 aromatic rings. The van der Waals surface area contributed by atoms with E-state index in [2.05, 4.69) is 40.1 Å². The van der Waals surface area contributed by atoms with Crippen LogP contribution in [-0.4, -0.2) is 35.4 Å². The lowest BCUT2D eigenvalue weighted by molar-refractivity contribution is 0.0628. The third-order valence-electron chi connectivity index (χ3n) is 4.05. The predicted octanol–water partition coefficient (Wildman–Crippen LogP) is 3.39. The van der Waals surface area contributed by atoms with Gasteiger partial charge in [-0.2, -0.15) is 0 Å².